The first kappa shape index (κ1) is 12.0. The Labute approximate surface area is 97.9 Å². The smallest absolute Gasteiger partial charge is 0.237 e. The van der Waals surface area contributed by atoms with Crippen molar-refractivity contribution in [2.24, 2.45) is 0 Å². The van der Waals surface area contributed by atoms with Crippen molar-refractivity contribution >= 4 is 27.5 Å². The number of rotatable bonds is 3. The maximum atomic E-state index is 11.4. The van der Waals surface area contributed by atoms with Crippen molar-refractivity contribution in [2.75, 3.05) is 12.4 Å². The quantitative estimate of drug-likeness (QED) is 0.859. The van der Waals surface area contributed by atoms with Gasteiger partial charge in [-0.3, -0.25) is 4.79 Å². The number of hydrogen-bond donors (Lipinski definition) is 1. The van der Waals surface area contributed by atoms with Crippen molar-refractivity contribution in [3.05, 3.63) is 23.8 Å². The van der Waals surface area contributed by atoms with E-state index in [4.69, 9.17) is 4.74 Å². The molecule has 0 heterocycles. The van der Waals surface area contributed by atoms with E-state index < -0.39 is 0 Å². The van der Waals surface area contributed by atoms with Gasteiger partial charge in [0.1, 0.15) is 5.75 Å². The van der Waals surface area contributed by atoms with Crippen molar-refractivity contribution in [3.63, 3.8) is 0 Å². The molecule has 1 unspecified atom stereocenters. The van der Waals surface area contributed by atoms with Crippen LogP contribution in [0.3, 0.4) is 0 Å². The highest BCUT2D eigenvalue weighted by molar-refractivity contribution is 9.10. The lowest BCUT2D eigenvalue weighted by Crippen LogP contribution is -2.19. The topological polar surface area (TPSA) is 38.3 Å². The number of nitrogens with one attached hydrogen (secondary N) is 1. The largest absolute Gasteiger partial charge is 0.496 e. The van der Waals surface area contributed by atoms with Crippen LogP contribution in [0.15, 0.2) is 18.2 Å². The van der Waals surface area contributed by atoms with Gasteiger partial charge in [-0.1, -0.05) is 15.9 Å². The Morgan fingerprint density at radius 3 is 2.67 bits per heavy atom. The van der Waals surface area contributed by atoms with Crippen LogP contribution in [0.1, 0.15) is 12.5 Å². The van der Waals surface area contributed by atoms with E-state index in [-0.39, 0.29) is 10.7 Å². The van der Waals surface area contributed by atoms with Gasteiger partial charge in [-0.25, -0.2) is 0 Å². The molecule has 1 aromatic carbocycles. The summed E-state index contributed by atoms with van der Waals surface area (Å²) >= 11 is 3.21. The summed E-state index contributed by atoms with van der Waals surface area (Å²) in [6.45, 7) is 3.72. The summed E-state index contributed by atoms with van der Waals surface area (Å²) in [7, 11) is 1.63. The number of halogens is 1. The third kappa shape index (κ3) is 3.23. The summed E-state index contributed by atoms with van der Waals surface area (Å²) in [4.78, 5) is 11.2. The Morgan fingerprint density at radius 2 is 2.20 bits per heavy atom. The van der Waals surface area contributed by atoms with Gasteiger partial charge in [0.25, 0.3) is 0 Å². The highest BCUT2D eigenvalue weighted by atomic mass is 79.9. The monoisotopic (exact) mass is 271 g/mol. The lowest BCUT2D eigenvalue weighted by atomic mass is 10.2. The molecular formula is C11H14BrNO2. The number of alkyl halides is 1. The van der Waals surface area contributed by atoms with E-state index in [1.54, 1.807) is 14.0 Å². The number of carbonyl (C=O) groups excluding carboxylic acids is 1. The first-order chi connectivity index (χ1) is 7.04. The van der Waals surface area contributed by atoms with Gasteiger partial charge in [-0.05, 0) is 37.6 Å². The van der Waals surface area contributed by atoms with Gasteiger partial charge in [0.2, 0.25) is 5.91 Å². The predicted octanol–water partition coefficient (Wildman–Crippen LogP) is 2.73. The molecule has 0 spiro atoms. The van der Waals surface area contributed by atoms with E-state index in [0.717, 1.165) is 17.0 Å². The molecule has 1 aromatic rings. The third-order valence-electron chi connectivity index (χ3n) is 2.02. The van der Waals surface area contributed by atoms with E-state index >= 15 is 0 Å². The summed E-state index contributed by atoms with van der Waals surface area (Å²) in [6, 6.07) is 5.54. The Bertz CT molecular complexity index is 364. The normalized spacial score (nSPS) is 12.0. The molecule has 1 N–H and O–H groups in total. The number of amides is 1. The zero-order chi connectivity index (χ0) is 11.4. The number of ether oxygens (including phenoxy) is 1. The summed E-state index contributed by atoms with van der Waals surface area (Å²) in [6.07, 6.45) is 0. The fraction of sp³-hybridized carbons (Fsp3) is 0.364. The van der Waals surface area contributed by atoms with E-state index in [1.807, 2.05) is 25.1 Å². The minimum Gasteiger partial charge on any atom is -0.496 e. The van der Waals surface area contributed by atoms with Crippen molar-refractivity contribution in [1.29, 1.82) is 0 Å². The SMILES string of the molecule is COc1ccc(NC(=O)C(C)Br)cc1C. The molecule has 0 aliphatic carbocycles. The maximum absolute atomic E-state index is 11.4. The van der Waals surface area contributed by atoms with Crippen LogP contribution in [-0.4, -0.2) is 17.8 Å². The third-order valence-corrected chi connectivity index (χ3v) is 2.44. The van der Waals surface area contributed by atoms with Crippen molar-refractivity contribution < 1.29 is 9.53 Å². The van der Waals surface area contributed by atoms with Gasteiger partial charge in [-0.15, -0.1) is 0 Å². The van der Waals surface area contributed by atoms with Gasteiger partial charge < -0.3 is 10.1 Å². The maximum Gasteiger partial charge on any atom is 0.237 e. The Hall–Kier alpha value is -1.03. The first-order valence-electron chi connectivity index (χ1n) is 4.64. The molecule has 82 valence electrons. The lowest BCUT2D eigenvalue weighted by Gasteiger charge is -2.09. The van der Waals surface area contributed by atoms with Gasteiger partial charge in [0.15, 0.2) is 0 Å². The Kier molecular flexibility index (Phi) is 4.15. The van der Waals surface area contributed by atoms with E-state index in [9.17, 15) is 4.79 Å². The average molecular weight is 272 g/mol. The van der Waals surface area contributed by atoms with Crippen LogP contribution in [0.5, 0.6) is 5.75 Å². The summed E-state index contributed by atoms with van der Waals surface area (Å²) in [5, 5.41) is 2.79. The fourth-order valence-electron chi connectivity index (χ4n) is 1.20. The molecule has 0 aliphatic rings. The second kappa shape index (κ2) is 5.16. The second-order valence-corrected chi connectivity index (χ2v) is 4.66. The molecular weight excluding hydrogens is 258 g/mol. The Morgan fingerprint density at radius 1 is 1.53 bits per heavy atom. The number of carbonyl (C=O) groups is 1. The van der Waals surface area contributed by atoms with Crippen molar-refractivity contribution in [3.8, 4) is 5.75 Å². The predicted molar refractivity (Wildman–Crippen MR) is 64.7 cm³/mol. The molecule has 15 heavy (non-hydrogen) atoms. The highest BCUT2D eigenvalue weighted by Gasteiger charge is 2.09. The molecule has 0 fully saturated rings. The summed E-state index contributed by atoms with van der Waals surface area (Å²) in [5.74, 6) is 0.763. The van der Waals surface area contributed by atoms with Crippen LogP contribution < -0.4 is 10.1 Å². The van der Waals surface area contributed by atoms with Crippen LogP contribution in [0.25, 0.3) is 0 Å². The fourth-order valence-corrected chi connectivity index (χ4v) is 1.31. The summed E-state index contributed by atoms with van der Waals surface area (Å²) < 4.78 is 5.13. The first-order valence-corrected chi connectivity index (χ1v) is 5.55. The van der Waals surface area contributed by atoms with Crippen molar-refractivity contribution in [2.45, 2.75) is 18.7 Å². The number of aryl methyl sites for hydroxylation is 1. The molecule has 1 rings (SSSR count). The molecule has 4 heteroatoms. The van der Waals surface area contributed by atoms with Gasteiger partial charge in [-0.2, -0.15) is 0 Å². The van der Waals surface area contributed by atoms with Crippen LogP contribution in [0, 0.1) is 6.92 Å². The number of hydrogen-bond acceptors (Lipinski definition) is 2. The summed E-state index contributed by atoms with van der Waals surface area (Å²) in [5.41, 5.74) is 1.78. The van der Waals surface area contributed by atoms with E-state index in [2.05, 4.69) is 21.2 Å². The van der Waals surface area contributed by atoms with Crippen LogP contribution in [0.4, 0.5) is 5.69 Å². The number of methoxy groups -OCH3 is 1. The molecule has 0 bridgehead atoms. The molecule has 0 aromatic heterocycles. The molecule has 1 amide bonds. The van der Waals surface area contributed by atoms with Crippen molar-refractivity contribution in [1.82, 2.24) is 0 Å². The molecule has 1 atom stereocenters. The zero-order valence-corrected chi connectivity index (χ0v) is 10.6. The molecule has 0 saturated heterocycles. The lowest BCUT2D eigenvalue weighted by molar-refractivity contribution is -0.115. The molecule has 0 saturated carbocycles. The minimum atomic E-state index is -0.195. The minimum absolute atomic E-state index is 0.0560. The second-order valence-electron chi connectivity index (χ2n) is 3.29. The Balaban J connectivity index is 2.80. The molecule has 3 nitrogen and oxygen atoms in total. The van der Waals surface area contributed by atoms with E-state index in [1.165, 1.54) is 0 Å². The van der Waals surface area contributed by atoms with Crippen LogP contribution in [-0.2, 0) is 4.79 Å². The molecule has 0 aliphatic heterocycles. The van der Waals surface area contributed by atoms with E-state index in [0.29, 0.717) is 0 Å². The highest BCUT2D eigenvalue weighted by Crippen LogP contribution is 2.21. The van der Waals surface area contributed by atoms with Gasteiger partial charge in [0, 0.05) is 5.69 Å². The number of anilines is 1. The van der Waals surface area contributed by atoms with Gasteiger partial charge in [0.05, 0.1) is 11.9 Å². The zero-order valence-electron chi connectivity index (χ0n) is 9.00. The molecule has 0 radical (unpaired) electrons. The van der Waals surface area contributed by atoms with Crippen LogP contribution >= 0.6 is 15.9 Å². The standard InChI is InChI=1S/C11H14BrNO2/c1-7-6-9(4-5-10(7)15-3)13-11(14)8(2)12/h4-6,8H,1-3H3,(H,13,14). The van der Waals surface area contributed by atoms with Gasteiger partial charge >= 0.3 is 0 Å². The number of benzene rings is 1. The van der Waals surface area contributed by atoms with Crippen LogP contribution in [0.2, 0.25) is 0 Å². The average Bonchev–Trinajstić information content (AvgIpc) is 2.18.